The van der Waals surface area contributed by atoms with Gasteiger partial charge in [0.1, 0.15) is 5.76 Å². The average molecular weight is 290 g/mol. The molecular weight excluding hydrogens is 268 g/mol. The van der Waals surface area contributed by atoms with Gasteiger partial charge in [-0.3, -0.25) is 0 Å². The highest BCUT2D eigenvalue weighted by Gasteiger charge is 2.25. The Bertz CT molecular complexity index is 493. The highest BCUT2D eigenvalue weighted by atomic mass is 16.5. The average Bonchev–Trinajstić information content (AvgIpc) is 2.53. The molecular formula is C17H22O4. The third-order valence-electron chi connectivity index (χ3n) is 3.84. The maximum absolute atomic E-state index is 11.6. The molecule has 1 N–H and O–H groups in total. The van der Waals surface area contributed by atoms with Gasteiger partial charge in [-0.05, 0) is 30.7 Å². The smallest absolute Gasteiger partial charge is 0.337 e. The third kappa shape index (κ3) is 4.60. The monoisotopic (exact) mass is 290 g/mol. The maximum Gasteiger partial charge on any atom is 0.337 e. The molecule has 0 spiro atoms. The van der Waals surface area contributed by atoms with E-state index in [1.54, 1.807) is 0 Å². The zero-order chi connectivity index (χ0) is 15.1. The Morgan fingerprint density at radius 3 is 2.81 bits per heavy atom. The second-order valence-corrected chi connectivity index (χ2v) is 5.35. The molecule has 1 atom stereocenters. The lowest BCUT2D eigenvalue weighted by atomic mass is 9.85. The van der Waals surface area contributed by atoms with Crippen LogP contribution in [-0.4, -0.2) is 24.8 Å². The van der Waals surface area contributed by atoms with Gasteiger partial charge in [0.2, 0.25) is 0 Å². The normalized spacial score (nSPS) is 18.6. The molecule has 0 fully saturated rings. The first-order valence-electron chi connectivity index (χ1n) is 7.31. The molecule has 0 saturated heterocycles. The second-order valence-electron chi connectivity index (χ2n) is 5.35. The van der Waals surface area contributed by atoms with Crippen molar-refractivity contribution in [3.63, 3.8) is 0 Å². The van der Waals surface area contributed by atoms with Crippen LogP contribution in [0.2, 0.25) is 0 Å². The van der Waals surface area contributed by atoms with Crippen molar-refractivity contribution >= 4 is 5.97 Å². The minimum Gasteiger partial charge on any atom is -0.512 e. The number of aliphatic hydroxyl groups excluding tert-OH is 1. The molecule has 1 unspecified atom stereocenters. The molecule has 4 heteroatoms. The van der Waals surface area contributed by atoms with E-state index in [-0.39, 0.29) is 5.76 Å². The molecule has 0 bridgehead atoms. The van der Waals surface area contributed by atoms with E-state index >= 15 is 0 Å². The molecule has 0 heterocycles. The van der Waals surface area contributed by atoms with Gasteiger partial charge in [-0.1, -0.05) is 30.3 Å². The van der Waals surface area contributed by atoms with Gasteiger partial charge in [0.15, 0.2) is 0 Å². The molecule has 21 heavy (non-hydrogen) atoms. The van der Waals surface area contributed by atoms with Gasteiger partial charge in [-0.2, -0.15) is 0 Å². The van der Waals surface area contributed by atoms with Crippen LogP contribution in [0, 0.1) is 5.92 Å². The number of carbonyl (C=O) groups excluding carboxylic acids is 1. The SMILES string of the molecule is COC(=O)C1=C(O)CCC(CCOCc2ccccc2)C1. The summed E-state index contributed by atoms with van der Waals surface area (Å²) in [5.41, 5.74) is 1.59. The molecule has 0 aliphatic heterocycles. The number of ether oxygens (including phenoxy) is 2. The molecule has 2 rings (SSSR count). The van der Waals surface area contributed by atoms with Crippen molar-refractivity contribution < 1.29 is 19.4 Å². The van der Waals surface area contributed by atoms with Crippen molar-refractivity contribution in [2.24, 2.45) is 5.92 Å². The minimum atomic E-state index is -0.414. The molecule has 0 radical (unpaired) electrons. The molecule has 1 aromatic rings. The van der Waals surface area contributed by atoms with E-state index in [0.29, 0.717) is 37.5 Å². The molecule has 4 nitrogen and oxygen atoms in total. The van der Waals surface area contributed by atoms with Crippen LogP contribution in [0.15, 0.2) is 41.7 Å². The highest BCUT2D eigenvalue weighted by Crippen LogP contribution is 2.31. The van der Waals surface area contributed by atoms with Gasteiger partial charge < -0.3 is 14.6 Å². The summed E-state index contributed by atoms with van der Waals surface area (Å²) in [4.78, 5) is 11.6. The van der Waals surface area contributed by atoms with Crippen LogP contribution in [0.4, 0.5) is 0 Å². The summed E-state index contributed by atoms with van der Waals surface area (Å²) in [5, 5.41) is 9.76. The number of benzene rings is 1. The van der Waals surface area contributed by atoms with Crippen molar-refractivity contribution in [1.29, 1.82) is 0 Å². The second kappa shape index (κ2) is 7.84. The van der Waals surface area contributed by atoms with Crippen molar-refractivity contribution in [3.05, 3.63) is 47.2 Å². The zero-order valence-corrected chi connectivity index (χ0v) is 12.4. The van der Waals surface area contributed by atoms with Gasteiger partial charge in [0.25, 0.3) is 0 Å². The summed E-state index contributed by atoms with van der Waals surface area (Å²) in [6, 6.07) is 10.1. The fourth-order valence-electron chi connectivity index (χ4n) is 2.59. The fourth-order valence-corrected chi connectivity index (χ4v) is 2.59. The maximum atomic E-state index is 11.6. The quantitative estimate of drug-likeness (QED) is 0.644. The molecule has 1 aromatic carbocycles. The number of aliphatic hydroxyl groups is 1. The number of rotatable bonds is 6. The number of hydrogen-bond donors (Lipinski definition) is 1. The van der Waals surface area contributed by atoms with E-state index in [0.717, 1.165) is 18.4 Å². The highest BCUT2D eigenvalue weighted by molar-refractivity contribution is 5.89. The zero-order valence-electron chi connectivity index (χ0n) is 12.4. The van der Waals surface area contributed by atoms with Crippen LogP contribution in [0.3, 0.4) is 0 Å². The van der Waals surface area contributed by atoms with Crippen LogP contribution in [0.25, 0.3) is 0 Å². The lowest BCUT2D eigenvalue weighted by Crippen LogP contribution is -2.18. The molecule has 114 valence electrons. The number of hydrogen-bond acceptors (Lipinski definition) is 4. The summed E-state index contributed by atoms with van der Waals surface area (Å²) in [5.74, 6) is 0.136. The van der Waals surface area contributed by atoms with E-state index in [2.05, 4.69) is 0 Å². The topological polar surface area (TPSA) is 55.8 Å². The van der Waals surface area contributed by atoms with Crippen molar-refractivity contribution in [3.8, 4) is 0 Å². The Labute approximate surface area is 125 Å². The predicted molar refractivity (Wildman–Crippen MR) is 79.7 cm³/mol. The predicted octanol–water partition coefficient (Wildman–Crippen LogP) is 3.38. The lowest BCUT2D eigenvalue weighted by molar-refractivity contribution is -0.136. The van der Waals surface area contributed by atoms with E-state index in [9.17, 15) is 9.90 Å². The number of methoxy groups -OCH3 is 1. The van der Waals surface area contributed by atoms with Crippen LogP contribution in [0.5, 0.6) is 0 Å². The summed E-state index contributed by atoms with van der Waals surface area (Å²) in [7, 11) is 1.34. The van der Waals surface area contributed by atoms with Gasteiger partial charge in [0.05, 0.1) is 19.3 Å². The van der Waals surface area contributed by atoms with Crippen LogP contribution in [-0.2, 0) is 20.9 Å². The first-order valence-corrected chi connectivity index (χ1v) is 7.31. The first kappa shape index (κ1) is 15.6. The molecule has 0 saturated carbocycles. The third-order valence-corrected chi connectivity index (χ3v) is 3.84. The summed E-state index contributed by atoms with van der Waals surface area (Å²) < 4.78 is 10.4. The number of allylic oxidation sites excluding steroid dienone is 1. The Morgan fingerprint density at radius 2 is 2.10 bits per heavy atom. The van der Waals surface area contributed by atoms with E-state index in [4.69, 9.17) is 9.47 Å². The Kier molecular flexibility index (Phi) is 5.81. The van der Waals surface area contributed by atoms with E-state index in [1.807, 2.05) is 30.3 Å². The van der Waals surface area contributed by atoms with E-state index in [1.165, 1.54) is 7.11 Å². The molecule has 1 aliphatic carbocycles. The van der Waals surface area contributed by atoms with Crippen molar-refractivity contribution in [1.82, 2.24) is 0 Å². The fraction of sp³-hybridized carbons (Fsp3) is 0.471. The largest absolute Gasteiger partial charge is 0.512 e. The molecule has 1 aliphatic rings. The van der Waals surface area contributed by atoms with Crippen LogP contribution < -0.4 is 0 Å². The Balaban J connectivity index is 1.74. The molecule has 0 aromatic heterocycles. The number of carbonyl (C=O) groups is 1. The standard InChI is InChI=1S/C17H22O4/c1-20-17(19)15-11-13(7-8-16(15)18)9-10-21-12-14-5-3-2-4-6-14/h2-6,13,18H,7-12H2,1H3. The van der Waals surface area contributed by atoms with Crippen LogP contribution >= 0.6 is 0 Å². The van der Waals surface area contributed by atoms with Gasteiger partial charge in [-0.25, -0.2) is 4.79 Å². The van der Waals surface area contributed by atoms with Crippen molar-refractivity contribution in [2.75, 3.05) is 13.7 Å². The summed E-state index contributed by atoms with van der Waals surface area (Å²) >= 11 is 0. The Morgan fingerprint density at radius 1 is 1.33 bits per heavy atom. The van der Waals surface area contributed by atoms with Crippen LogP contribution in [0.1, 0.15) is 31.2 Å². The summed E-state index contributed by atoms with van der Waals surface area (Å²) in [6.07, 6.45) is 2.91. The summed E-state index contributed by atoms with van der Waals surface area (Å²) in [6.45, 7) is 1.27. The Hall–Kier alpha value is -1.81. The molecule has 0 amide bonds. The minimum absolute atomic E-state index is 0.184. The van der Waals surface area contributed by atoms with E-state index < -0.39 is 5.97 Å². The van der Waals surface area contributed by atoms with Gasteiger partial charge in [-0.15, -0.1) is 0 Å². The van der Waals surface area contributed by atoms with Gasteiger partial charge in [0, 0.05) is 13.0 Å². The lowest BCUT2D eigenvalue weighted by Gasteiger charge is -2.23. The van der Waals surface area contributed by atoms with Gasteiger partial charge >= 0.3 is 5.97 Å². The number of esters is 1. The first-order chi connectivity index (χ1) is 10.2. The van der Waals surface area contributed by atoms with Crippen molar-refractivity contribution in [2.45, 2.75) is 32.3 Å².